The Hall–Kier alpha value is -3.27. The van der Waals surface area contributed by atoms with Crippen LogP contribution in [0.1, 0.15) is 27.7 Å². The topological polar surface area (TPSA) is 90.4 Å². The highest BCUT2D eigenvalue weighted by Gasteiger charge is 2.74. The molecule has 6 rings (SSSR count). The van der Waals surface area contributed by atoms with Crippen LogP contribution >= 0.6 is 23.4 Å². The molecule has 0 radical (unpaired) electrons. The number of likely N-dealkylation sites (tertiary alicyclic amines) is 1. The van der Waals surface area contributed by atoms with Crippen molar-refractivity contribution < 1.29 is 24.2 Å². The maximum atomic E-state index is 14.8. The minimum Gasteiger partial charge on any atom is -0.494 e. The van der Waals surface area contributed by atoms with Crippen LogP contribution in [0.4, 0.5) is 11.4 Å². The largest absolute Gasteiger partial charge is 0.494 e. The lowest BCUT2D eigenvalue weighted by atomic mass is 9.74. The van der Waals surface area contributed by atoms with Crippen LogP contribution in [0.15, 0.2) is 72.8 Å². The van der Waals surface area contributed by atoms with Crippen LogP contribution in [0, 0.1) is 17.8 Å². The fraction of sp³-hybridized carbons (Fsp3) is 0.441. The number of aliphatic hydroxyl groups is 1. The number of hydrogen-bond acceptors (Lipinski definition) is 6. The number of halogens is 1. The third-order valence-corrected chi connectivity index (χ3v) is 11.5. The zero-order chi connectivity index (χ0) is 31.4. The summed E-state index contributed by atoms with van der Waals surface area (Å²) in [5.74, 6) is -1.69. The first-order chi connectivity index (χ1) is 21.1. The van der Waals surface area contributed by atoms with Crippen molar-refractivity contribution in [3.05, 3.63) is 77.9 Å². The Morgan fingerprint density at radius 3 is 2.30 bits per heavy atom. The summed E-state index contributed by atoms with van der Waals surface area (Å²) in [5.41, 5.74) is 1.27. The number of aliphatic hydroxyl groups excluding tert-OH is 1. The molecule has 2 fully saturated rings. The van der Waals surface area contributed by atoms with Crippen molar-refractivity contribution in [3.8, 4) is 5.75 Å². The smallest absolute Gasteiger partial charge is 0.251 e. The SMILES string of the molecule is CCOc1ccc(N2CC=C[C@]3(C)S[C@]45C=CCN(c6ccccc6Cl)C(=O)C4N([C@@H](CO)C(C)C)C(=O)[C@@H]5[C@@H]3C2=O)cc1. The number of carbonyl (C=O) groups excluding carboxylic acids is 3. The number of hydrogen-bond donors (Lipinski definition) is 1. The molecule has 1 unspecified atom stereocenters. The molecule has 0 saturated carbocycles. The van der Waals surface area contributed by atoms with E-state index in [-0.39, 0.29) is 36.8 Å². The van der Waals surface area contributed by atoms with E-state index in [1.54, 1.807) is 26.8 Å². The van der Waals surface area contributed by atoms with Crippen LogP contribution in [0.3, 0.4) is 0 Å². The van der Waals surface area contributed by atoms with Crippen LogP contribution in [-0.2, 0) is 14.4 Å². The lowest BCUT2D eigenvalue weighted by molar-refractivity contribution is -0.143. The second-order valence-corrected chi connectivity index (χ2v) is 14.5. The van der Waals surface area contributed by atoms with Crippen LogP contribution < -0.4 is 14.5 Å². The highest BCUT2D eigenvalue weighted by Crippen LogP contribution is 2.66. The van der Waals surface area contributed by atoms with Gasteiger partial charge in [0.2, 0.25) is 11.8 Å². The molecule has 6 atom stereocenters. The van der Waals surface area contributed by atoms with Gasteiger partial charge in [-0.15, -0.1) is 11.8 Å². The van der Waals surface area contributed by atoms with Crippen molar-refractivity contribution in [2.45, 2.75) is 49.3 Å². The van der Waals surface area contributed by atoms with E-state index in [4.69, 9.17) is 16.3 Å². The zero-order valence-corrected chi connectivity index (χ0v) is 26.9. The van der Waals surface area contributed by atoms with Crippen LogP contribution in [-0.4, -0.2) is 75.6 Å². The van der Waals surface area contributed by atoms with Gasteiger partial charge in [-0.25, -0.2) is 0 Å². The summed E-state index contributed by atoms with van der Waals surface area (Å²) in [7, 11) is 0. The first-order valence-corrected chi connectivity index (χ1v) is 16.4. The molecule has 1 spiro atoms. The second kappa shape index (κ2) is 11.6. The van der Waals surface area contributed by atoms with E-state index in [1.165, 1.54) is 11.8 Å². The van der Waals surface area contributed by atoms with Gasteiger partial charge in [-0.1, -0.05) is 61.9 Å². The molecule has 10 heteroatoms. The Labute approximate surface area is 267 Å². The third-order valence-electron chi connectivity index (χ3n) is 9.41. The van der Waals surface area contributed by atoms with Crippen molar-refractivity contribution in [1.82, 2.24) is 4.90 Å². The molecule has 2 aromatic rings. The predicted octanol–water partition coefficient (Wildman–Crippen LogP) is 4.95. The van der Waals surface area contributed by atoms with Gasteiger partial charge in [0, 0.05) is 23.5 Å². The van der Waals surface area contributed by atoms with Gasteiger partial charge < -0.3 is 24.5 Å². The van der Waals surface area contributed by atoms with Crippen molar-refractivity contribution in [2.75, 3.05) is 36.1 Å². The van der Waals surface area contributed by atoms with Crippen LogP contribution in [0.2, 0.25) is 5.02 Å². The number of carbonyl (C=O) groups is 3. The van der Waals surface area contributed by atoms with E-state index in [0.29, 0.717) is 35.3 Å². The number of fused-ring (bicyclic) bond motifs is 2. The highest BCUT2D eigenvalue weighted by molar-refractivity contribution is 8.02. The Morgan fingerprint density at radius 1 is 0.955 bits per heavy atom. The summed E-state index contributed by atoms with van der Waals surface area (Å²) in [6.07, 6.45) is 7.93. The summed E-state index contributed by atoms with van der Waals surface area (Å²) in [5, 5.41) is 11.0. The van der Waals surface area contributed by atoms with Gasteiger partial charge in [0.15, 0.2) is 0 Å². The summed E-state index contributed by atoms with van der Waals surface area (Å²) >= 11 is 8.11. The first-order valence-electron chi connectivity index (χ1n) is 15.2. The number of rotatable bonds is 7. The minimum absolute atomic E-state index is 0.130. The van der Waals surface area contributed by atoms with E-state index in [1.807, 2.05) is 88.4 Å². The average Bonchev–Trinajstić information content (AvgIpc) is 3.26. The van der Waals surface area contributed by atoms with Gasteiger partial charge in [-0.2, -0.15) is 0 Å². The Bertz CT molecular complexity index is 1530. The third kappa shape index (κ3) is 4.66. The van der Waals surface area contributed by atoms with Gasteiger partial charge >= 0.3 is 0 Å². The molecule has 1 N–H and O–H groups in total. The van der Waals surface area contributed by atoms with Crippen molar-refractivity contribution in [3.63, 3.8) is 0 Å². The first kappa shape index (κ1) is 30.7. The van der Waals surface area contributed by atoms with Crippen LogP contribution in [0.5, 0.6) is 5.75 Å². The lowest BCUT2D eigenvalue weighted by Gasteiger charge is -2.41. The highest BCUT2D eigenvalue weighted by atomic mass is 35.5. The molecule has 0 aromatic heterocycles. The van der Waals surface area contributed by atoms with E-state index in [2.05, 4.69) is 0 Å². The van der Waals surface area contributed by atoms with E-state index >= 15 is 0 Å². The van der Waals surface area contributed by atoms with E-state index < -0.39 is 33.4 Å². The fourth-order valence-corrected chi connectivity index (χ4v) is 9.83. The van der Waals surface area contributed by atoms with Gasteiger partial charge in [0.25, 0.3) is 5.91 Å². The van der Waals surface area contributed by atoms with E-state index in [9.17, 15) is 19.5 Å². The number of anilines is 2. The number of para-hydroxylation sites is 1. The molecule has 0 bridgehead atoms. The van der Waals surface area contributed by atoms with Crippen molar-refractivity contribution in [2.24, 2.45) is 17.8 Å². The monoisotopic (exact) mass is 635 g/mol. The molecular formula is C34H38ClN3O5S. The van der Waals surface area contributed by atoms with Crippen LogP contribution in [0.25, 0.3) is 0 Å². The molecule has 8 nitrogen and oxygen atoms in total. The molecule has 3 amide bonds. The quantitative estimate of drug-likeness (QED) is 0.433. The Balaban J connectivity index is 1.48. The normalized spacial score (nSPS) is 30.3. The standard InChI is InChI=1S/C34H38ClN3O5S/c1-5-43-23-14-12-22(13-15-23)36-18-8-16-33(4)27(30(36)40)28-31(41)38(26(20-39)21(2)3)29-32(42)37(19-9-17-34(28,29)44-33)25-11-7-6-10-24(25)35/h6-17,21,26-29,39H,5,18-20H2,1-4H3/t26-,27+,28-,29?,33-,34-/m0/s1. The predicted molar refractivity (Wildman–Crippen MR) is 174 cm³/mol. The molecule has 44 heavy (non-hydrogen) atoms. The number of thioether (sulfide) groups is 1. The minimum atomic E-state index is -1.03. The summed E-state index contributed by atoms with van der Waals surface area (Å²) in [4.78, 5) is 49.2. The summed E-state index contributed by atoms with van der Waals surface area (Å²) in [6.45, 7) is 8.65. The zero-order valence-electron chi connectivity index (χ0n) is 25.4. The molecule has 4 aliphatic heterocycles. The molecule has 4 aliphatic rings. The lowest BCUT2D eigenvalue weighted by Crippen LogP contribution is -2.58. The molecule has 0 aliphatic carbocycles. The maximum Gasteiger partial charge on any atom is 0.251 e. The Morgan fingerprint density at radius 2 is 1.64 bits per heavy atom. The van der Waals surface area contributed by atoms with E-state index in [0.717, 1.165) is 0 Å². The second-order valence-electron chi connectivity index (χ2n) is 12.3. The number of amides is 3. The average molecular weight is 636 g/mol. The molecule has 2 saturated heterocycles. The number of ether oxygens (including phenoxy) is 1. The maximum absolute atomic E-state index is 14.8. The molecule has 232 valence electrons. The summed E-state index contributed by atoms with van der Waals surface area (Å²) in [6, 6.07) is 13.0. The van der Waals surface area contributed by atoms with Crippen molar-refractivity contribution in [1.29, 1.82) is 0 Å². The van der Waals surface area contributed by atoms with Gasteiger partial charge in [-0.05, 0) is 56.2 Å². The molecule has 4 heterocycles. The molecule has 2 aromatic carbocycles. The fourth-order valence-electron chi connectivity index (χ4n) is 7.45. The number of nitrogens with zero attached hydrogens (tertiary/aromatic N) is 3. The Kier molecular flexibility index (Phi) is 8.09. The number of benzene rings is 2. The van der Waals surface area contributed by atoms with Gasteiger partial charge in [0.1, 0.15) is 11.8 Å². The summed E-state index contributed by atoms with van der Waals surface area (Å²) < 4.78 is 3.82. The van der Waals surface area contributed by atoms with Gasteiger partial charge in [-0.3, -0.25) is 14.4 Å². The van der Waals surface area contributed by atoms with Crippen molar-refractivity contribution >= 4 is 52.5 Å². The molecular weight excluding hydrogens is 598 g/mol. The van der Waals surface area contributed by atoms with Gasteiger partial charge in [0.05, 0.1) is 46.5 Å².